The number of rotatable bonds is 11. The number of nitrogens with zero attached hydrogens (tertiary/aromatic N) is 13. The van der Waals surface area contributed by atoms with E-state index in [0.29, 0.717) is 64.0 Å². The maximum atomic E-state index is 12.0. The van der Waals surface area contributed by atoms with Gasteiger partial charge in [0.15, 0.2) is 24.8 Å². The molecule has 4 aromatic rings. The van der Waals surface area contributed by atoms with E-state index in [4.69, 9.17) is 31.3 Å². The standard InChI is InChI=1S/C14H22N4O4.C14H20N4O4.C9H12N4O2.C5H3ClN2O2.C4H10N2.C4H10O.CH4O.2CH4.ClH/c2*1-14(2,3)22-13(19)17-8-6-16(7-9-17)11-4-5-12(15-10-11)18(20)21;14-13(15)9-2-1-8(7-11-9)12-5-3-10-4-6-12;6-4-1-2-5(7-3-4)8(9)10;1-2-6-4-3-5-1;1-2-3-4-5;1-2;;;/h4-5,10,13,19H,6-9H2,1-3H3;4-5,10H,6-9H2,1-3H3;1-2,7,10H,3-6H2;1-3H;5-6H,1-4H2;5H,2-4H2,1H3;2H,1H3;2*1H4;1H. The molecule has 0 aromatic carbocycles. The number of unbranched alkanes of at least 4 members (excludes halogenated alkanes) is 1. The lowest BCUT2D eigenvalue weighted by Crippen LogP contribution is -2.52. The van der Waals surface area contributed by atoms with Crippen LogP contribution in [0.2, 0.25) is 5.02 Å². The van der Waals surface area contributed by atoms with Gasteiger partial charge in [-0.15, -0.1) is 12.4 Å². The first-order valence-electron chi connectivity index (χ1n) is 26.5. The van der Waals surface area contributed by atoms with Crippen LogP contribution in [0.1, 0.15) is 76.2 Å². The first-order valence-corrected chi connectivity index (χ1v) is 26.9. The van der Waals surface area contributed by atoms with Gasteiger partial charge in [0.2, 0.25) is 6.41 Å². The Balaban J connectivity index is 0. The molecule has 480 valence electrons. The zero-order valence-corrected chi connectivity index (χ0v) is 49.9. The number of hydrogen-bond donors (Lipinski definition) is 6. The van der Waals surface area contributed by atoms with Gasteiger partial charge in [0.05, 0.1) is 27.7 Å². The molecule has 6 N–H and O–H groups in total. The predicted molar refractivity (Wildman–Crippen MR) is 331 cm³/mol. The number of aromatic nitrogens is 4. The summed E-state index contributed by atoms with van der Waals surface area (Å²) < 4.78 is 10.9. The summed E-state index contributed by atoms with van der Waals surface area (Å²) in [4.78, 5) is 76.2. The maximum Gasteiger partial charge on any atom is 0.410 e. The fourth-order valence-corrected chi connectivity index (χ4v) is 7.36. The van der Waals surface area contributed by atoms with E-state index in [1.54, 1.807) is 29.3 Å². The Kier molecular flexibility index (Phi) is 40.4. The average molecular weight is 1250 g/mol. The Hall–Kier alpha value is -6.87. The summed E-state index contributed by atoms with van der Waals surface area (Å²) in [7, 11) is 1.00. The largest absolute Gasteiger partial charge is 0.444 e. The van der Waals surface area contributed by atoms with E-state index in [-0.39, 0.29) is 56.6 Å². The second-order valence-corrected chi connectivity index (χ2v) is 20.3. The van der Waals surface area contributed by atoms with Gasteiger partial charge < -0.3 is 101 Å². The van der Waals surface area contributed by atoms with Crippen molar-refractivity contribution < 1.29 is 49.3 Å². The van der Waals surface area contributed by atoms with Crippen LogP contribution in [-0.4, -0.2) is 207 Å². The zero-order valence-electron chi connectivity index (χ0n) is 48.4. The molecule has 1 atom stereocenters. The van der Waals surface area contributed by atoms with E-state index in [1.807, 2.05) is 51.3 Å². The first-order chi connectivity index (χ1) is 38.9. The topological polar surface area (TPSA) is 373 Å². The molecule has 0 spiro atoms. The van der Waals surface area contributed by atoms with Crippen molar-refractivity contribution in [2.24, 2.45) is 0 Å². The van der Waals surface area contributed by atoms with Crippen molar-refractivity contribution in [3.05, 3.63) is 119 Å². The van der Waals surface area contributed by atoms with Crippen molar-refractivity contribution in [3.8, 4) is 0 Å². The summed E-state index contributed by atoms with van der Waals surface area (Å²) >= 11 is 5.43. The molecule has 4 saturated heterocycles. The number of carbonyl (C=O) groups is 1. The number of aliphatic hydroxyl groups is 3. The molecular formula is C53H90Cl2N16O14. The van der Waals surface area contributed by atoms with E-state index in [0.717, 1.165) is 89.4 Å². The molecule has 0 aliphatic carbocycles. The molecule has 8 rings (SSSR count). The van der Waals surface area contributed by atoms with Gasteiger partial charge >= 0.3 is 29.4 Å². The highest BCUT2D eigenvalue weighted by Crippen LogP contribution is 2.22. The molecule has 4 aliphatic rings. The molecule has 8 heterocycles. The summed E-state index contributed by atoms with van der Waals surface area (Å²) in [5.74, 6) is -0.620. The molecule has 0 radical (unpaired) electrons. The van der Waals surface area contributed by atoms with E-state index in [9.17, 15) is 50.4 Å². The second-order valence-electron chi connectivity index (χ2n) is 19.8. The molecule has 1 amide bonds. The molecule has 4 aliphatic heterocycles. The van der Waals surface area contributed by atoms with Gasteiger partial charge in [0.25, 0.3) is 0 Å². The van der Waals surface area contributed by atoms with E-state index in [1.165, 1.54) is 48.9 Å². The van der Waals surface area contributed by atoms with Crippen LogP contribution in [0, 0.1) is 40.5 Å². The lowest BCUT2D eigenvalue weighted by Gasteiger charge is -2.39. The van der Waals surface area contributed by atoms with Crippen molar-refractivity contribution in [3.63, 3.8) is 0 Å². The van der Waals surface area contributed by atoms with Crippen molar-refractivity contribution in [1.82, 2.24) is 45.7 Å². The van der Waals surface area contributed by atoms with E-state index in [2.05, 4.69) is 52.6 Å². The van der Waals surface area contributed by atoms with Crippen LogP contribution in [0.25, 0.3) is 0 Å². The molecule has 4 fully saturated rings. The Labute approximate surface area is 509 Å². The smallest absolute Gasteiger partial charge is 0.410 e. The predicted octanol–water partition coefficient (Wildman–Crippen LogP) is 6.55. The number of nitro groups is 4. The van der Waals surface area contributed by atoms with Crippen molar-refractivity contribution in [2.75, 3.05) is 133 Å². The molecule has 30 nitrogen and oxygen atoms in total. The molecule has 0 saturated carbocycles. The molecular weight excluding hydrogens is 1160 g/mol. The number of halogens is 2. The number of nitrogens with one attached hydrogen (secondary N) is 3. The first kappa shape index (κ1) is 80.2. The SMILES string of the molecule is C.C.C1CNCCN1.CC(C)(C)OC(=O)N1CCN(c2ccc([N+](=O)[O-])nc2)CC1.CC(C)(C)OC(O)N1CCN(c2ccc([N+](=O)[O-])nc2)CC1.CCCCO.CO.Cl.O=[N+]([O-])c1ccc(Cl)cn1.O=[N+]([O-])c1ccc(N2CCNCC2)cn1. The van der Waals surface area contributed by atoms with Crippen LogP contribution in [0.3, 0.4) is 0 Å². The minimum atomic E-state index is -0.919. The third kappa shape index (κ3) is 32.8. The van der Waals surface area contributed by atoms with Gasteiger partial charge in [-0.3, -0.25) is 4.90 Å². The summed E-state index contributed by atoms with van der Waals surface area (Å²) in [6.07, 6.45) is 6.60. The number of piperazine rings is 4. The third-order valence-corrected chi connectivity index (χ3v) is 11.6. The van der Waals surface area contributed by atoms with Crippen LogP contribution in [-0.2, 0) is 9.47 Å². The highest BCUT2D eigenvalue weighted by molar-refractivity contribution is 6.30. The summed E-state index contributed by atoms with van der Waals surface area (Å²) in [5.41, 5.74) is 1.70. The quantitative estimate of drug-likeness (QED) is 0.0526. The van der Waals surface area contributed by atoms with Gasteiger partial charge in [-0.05, 0) is 112 Å². The zero-order chi connectivity index (χ0) is 61.3. The number of pyridine rings is 4. The molecule has 1 unspecified atom stereocenters. The van der Waals surface area contributed by atoms with Gasteiger partial charge in [-0.1, -0.05) is 39.8 Å². The number of ether oxygens (including phenoxy) is 2. The van der Waals surface area contributed by atoms with Crippen molar-refractivity contribution in [1.29, 1.82) is 0 Å². The molecule has 32 heteroatoms. The van der Waals surface area contributed by atoms with E-state index >= 15 is 0 Å². The highest BCUT2D eigenvalue weighted by Gasteiger charge is 2.28. The minimum absolute atomic E-state index is 0. The minimum Gasteiger partial charge on any atom is -0.444 e. The number of anilines is 3. The van der Waals surface area contributed by atoms with Crippen LogP contribution in [0.15, 0.2) is 73.3 Å². The van der Waals surface area contributed by atoms with Crippen LogP contribution < -0.4 is 30.7 Å². The lowest BCUT2D eigenvalue weighted by molar-refractivity contribution is -0.389. The van der Waals surface area contributed by atoms with Crippen LogP contribution in [0.4, 0.5) is 45.1 Å². The number of aliphatic hydroxyl groups excluding tert-OH is 3. The maximum absolute atomic E-state index is 12.0. The summed E-state index contributed by atoms with van der Waals surface area (Å²) in [6, 6.07) is 12.0. The number of hydrogen-bond acceptors (Lipinski definition) is 25. The van der Waals surface area contributed by atoms with Gasteiger partial charge in [0, 0.05) is 143 Å². The van der Waals surface area contributed by atoms with Crippen LogP contribution in [0.5, 0.6) is 0 Å². The second kappa shape index (κ2) is 42.9. The Morgan fingerprint density at radius 3 is 1.19 bits per heavy atom. The fraction of sp³-hybridized carbons (Fsp3) is 0.604. The van der Waals surface area contributed by atoms with Crippen LogP contribution >= 0.6 is 24.0 Å². The monoisotopic (exact) mass is 1240 g/mol. The third-order valence-electron chi connectivity index (χ3n) is 11.4. The Bertz CT molecular complexity index is 2450. The van der Waals surface area contributed by atoms with Gasteiger partial charge in [-0.25, -0.2) is 4.79 Å². The normalized spacial score (nSPS) is 15.0. The Morgan fingerprint density at radius 1 is 0.576 bits per heavy atom. The number of carbonyl (C=O) groups excluding carboxylic acids is 1. The van der Waals surface area contributed by atoms with E-state index < -0.39 is 37.3 Å². The van der Waals surface area contributed by atoms with Crippen molar-refractivity contribution in [2.45, 2.75) is 93.8 Å². The van der Waals surface area contributed by atoms with Gasteiger partial charge in [-0.2, -0.15) is 0 Å². The average Bonchev–Trinajstić information content (AvgIpc) is 3.63. The summed E-state index contributed by atoms with van der Waals surface area (Å²) in [6.45, 7) is 26.9. The molecule has 4 aromatic heterocycles. The molecule has 85 heavy (non-hydrogen) atoms. The lowest BCUT2D eigenvalue weighted by atomic mass is 10.2. The highest BCUT2D eigenvalue weighted by atomic mass is 35.5. The fourth-order valence-electron chi connectivity index (χ4n) is 7.25. The Morgan fingerprint density at radius 2 is 0.918 bits per heavy atom. The molecule has 0 bridgehead atoms. The number of amides is 1. The summed E-state index contributed by atoms with van der Waals surface area (Å²) in [5, 5.41) is 76.8. The van der Waals surface area contributed by atoms with Gasteiger partial charge in [0.1, 0.15) is 5.60 Å². The van der Waals surface area contributed by atoms with Crippen molar-refractivity contribution >= 4 is 70.4 Å².